The number of nitrogens with zero attached hydrogens (tertiary/aromatic N) is 2. The van der Waals surface area contributed by atoms with E-state index in [-0.39, 0.29) is 6.54 Å². The van der Waals surface area contributed by atoms with E-state index in [0.717, 1.165) is 17.8 Å². The molecular weight excluding hydrogens is 275 g/mol. The third-order valence-corrected chi connectivity index (χ3v) is 3.20. The molecule has 0 spiro atoms. The summed E-state index contributed by atoms with van der Waals surface area (Å²) in [7, 11) is 1.80. The second-order valence-corrected chi connectivity index (χ2v) is 4.70. The SMILES string of the molecule is CN(CC(O)c1ccc(F)c([N+](=O)[O-])c1)c1ccccc1. The summed E-state index contributed by atoms with van der Waals surface area (Å²) in [4.78, 5) is 11.7. The molecule has 0 saturated carbocycles. The lowest BCUT2D eigenvalue weighted by Crippen LogP contribution is -2.24. The van der Waals surface area contributed by atoms with Crippen molar-refractivity contribution in [3.8, 4) is 0 Å². The van der Waals surface area contributed by atoms with Gasteiger partial charge >= 0.3 is 5.69 Å². The fraction of sp³-hybridized carbons (Fsp3) is 0.200. The minimum Gasteiger partial charge on any atom is -0.387 e. The summed E-state index contributed by atoms with van der Waals surface area (Å²) in [5.41, 5.74) is 0.591. The summed E-state index contributed by atoms with van der Waals surface area (Å²) in [6.45, 7) is 0.243. The Balaban J connectivity index is 2.15. The van der Waals surface area contributed by atoms with Gasteiger partial charge in [0, 0.05) is 25.3 Å². The molecule has 0 bridgehead atoms. The fourth-order valence-corrected chi connectivity index (χ4v) is 2.03. The van der Waals surface area contributed by atoms with Gasteiger partial charge in [-0.2, -0.15) is 4.39 Å². The number of hydrogen-bond donors (Lipinski definition) is 1. The molecule has 6 heteroatoms. The maximum atomic E-state index is 13.3. The van der Waals surface area contributed by atoms with Crippen molar-refractivity contribution in [1.29, 1.82) is 0 Å². The van der Waals surface area contributed by atoms with Crippen molar-refractivity contribution in [2.75, 3.05) is 18.5 Å². The van der Waals surface area contributed by atoms with Crippen molar-refractivity contribution in [3.05, 3.63) is 70.0 Å². The van der Waals surface area contributed by atoms with Crippen molar-refractivity contribution < 1.29 is 14.4 Å². The third kappa shape index (κ3) is 3.55. The fourth-order valence-electron chi connectivity index (χ4n) is 2.03. The molecule has 0 amide bonds. The average molecular weight is 290 g/mol. The number of para-hydroxylation sites is 1. The first-order valence-corrected chi connectivity index (χ1v) is 6.37. The molecule has 1 N–H and O–H groups in total. The van der Waals surface area contributed by atoms with E-state index < -0.39 is 22.5 Å². The third-order valence-electron chi connectivity index (χ3n) is 3.20. The Labute approximate surface area is 121 Å². The summed E-state index contributed by atoms with van der Waals surface area (Å²) >= 11 is 0. The number of anilines is 1. The molecule has 0 radical (unpaired) electrons. The van der Waals surface area contributed by atoms with E-state index in [1.54, 1.807) is 7.05 Å². The summed E-state index contributed by atoms with van der Waals surface area (Å²) in [5, 5.41) is 20.9. The van der Waals surface area contributed by atoms with Gasteiger partial charge in [0.2, 0.25) is 5.82 Å². The highest BCUT2D eigenvalue weighted by Crippen LogP contribution is 2.24. The lowest BCUT2D eigenvalue weighted by atomic mass is 10.1. The maximum Gasteiger partial charge on any atom is 0.305 e. The summed E-state index contributed by atoms with van der Waals surface area (Å²) in [6.07, 6.45) is -0.950. The van der Waals surface area contributed by atoms with Crippen LogP contribution in [0.25, 0.3) is 0 Å². The van der Waals surface area contributed by atoms with Crippen molar-refractivity contribution in [3.63, 3.8) is 0 Å². The Morgan fingerprint density at radius 3 is 2.57 bits per heavy atom. The van der Waals surface area contributed by atoms with E-state index in [1.165, 1.54) is 6.07 Å². The van der Waals surface area contributed by atoms with E-state index in [2.05, 4.69) is 0 Å². The predicted molar refractivity (Wildman–Crippen MR) is 77.7 cm³/mol. The lowest BCUT2D eigenvalue weighted by molar-refractivity contribution is -0.387. The highest BCUT2D eigenvalue weighted by molar-refractivity contribution is 5.46. The first-order chi connectivity index (χ1) is 9.99. The molecule has 0 aliphatic rings. The molecule has 0 aliphatic heterocycles. The number of nitro benzene ring substituents is 1. The van der Waals surface area contributed by atoms with Crippen LogP contribution in [0.5, 0.6) is 0 Å². The lowest BCUT2D eigenvalue weighted by Gasteiger charge is -2.22. The second kappa shape index (κ2) is 6.32. The highest BCUT2D eigenvalue weighted by Gasteiger charge is 2.18. The van der Waals surface area contributed by atoms with E-state index in [0.29, 0.717) is 5.56 Å². The Kier molecular flexibility index (Phi) is 4.49. The number of aliphatic hydroxyl groups is 1. The zero-order chi connectivity index (χ0) is 15.4. The number of likely N-dealkylation sites (N-methyl/N-ethyl adjacent to an activating group) is 1. The zero-order valence-electron chi connectivity index (χ0n) is 11.4. The minimum absolute atomic E-state index is 0.243. The number of halogens is 1. The molecule has 0 heterocycles. The Hall–Kier alpha value is -2.47. The van der Waals surface area contributed by atoms with Gasteiger partial charge in [0.15, 0.2) is 0 Å². The largest absolute Gasteiger partial charge is 0.387 e. The molecule has 2 aromatic carbocycles. The van der Waals surface area contributed by atoms with Gasteiger partial charge in [0.1, 0.15) is 0 Å². The van der Waals surface area contributed by atoms with Crippen LogP contribution in [0.1, 0.15) is 11.7 Å². The van der Waals surface area contributed by atoms with Crippen LogP contribution in [0.3, 0.4) is 0 Å². The average Bonchev–Trinajstić information content (AvgIpc) is 2.48. The minimum atomic E-state index is -0.950. The molecule has 0 fully saturated rings. The van der Waals surface area contributed by atoms with Gasteiger partial charge < -0.3 is 10.0 Å². The molecule has 0 aliphatic carbocycles. The van der Waals surface area contributed by atoms with Gasteiger partial charge in [-0.05, 0) is 23.8 Å². The molecule has 5 nitrogen and oxygen atoms in total. The smallest absolute Gasteiger partial charge is 0.305 e. The standard InChI is InChI=1S/C15H15FN2O3/c1-17(12-5-3-2-4-6-12)10-15(19)11-7-8-13(16)14(9-11)18(20)21/h2-9,15,19H,10H2,1H3. The van der Waals surface area contributed by atoms with Crippen LogP contribution in [-0.2, 0) is 0 Å². The van der Waals surface area contributed by atoms with Gasteiger partial charge in [-0.15, -0.1) is 0 Å². The van der Waals surface area contributed by atoms with Crippen molar-refractivity contribution in [1.82, 2.24) is 0 Å². The van der Waals surface area contributed by atoms with Gasteiger partial charge in [-0.1, -0.05) is 24.3 Å². The van der Waals surface area contributed by atoms with Crippen molar-refractivity contribution in [2.45, 2.75) is 6.10 Å². The quantitative estimate of drug-likeness (QED) is 0.679. The maximum absolute atomic E-state index is 13.3. The van der Waals surface area contributed by atoms with Crippen LogP contribution in [0.2, 0.25) is 0 Å². The molecule has 0 aromatic heterocycles. The van der Waals surface area contributed by atoms with Gasteiger partial charge in [-0.3, -0.25) is 10.1 Å². The van der Waals surface area contributed by atoms with E-state index in [9.17, 15) is 19.6 Å². The van der Waals surface area contributed by atoms with Gasteiger partial charge in [-0.25, -0.2) is 0 Å². The van der Waals surface area contributed by atoms with Crippen molar-refractivity contribution in [2.24, 2.45) is 0 Å². The molecule has 2 aromatic rings. The van der Waals surface area contributed by atoms with Gasteiger partial charge in [0.05, 0.1) is 11.0 Å². The van der Waals surface area contributed by atoms with Crippen LogP contribution in [-0.4, -0.2) is 23.6 Å². The number of hydrogen-bond acceptors (Lipinski definition) is 4. The Morgan fingerprint density at radius 2 is 1.95 bits per heavy atom. The summed E-state index contributed by atoms with van der Waals surface area (Å²) in [5.74, 6) is -0.910. The number of nitro groups is 1. The highest BCUT2D eigenvalue weighted by atomic mass is 19.1. The molecule has 1 atom stereocenters. The van der Waals surface area contributed by atoms with Crippen LogP contribution in [0, 0.1) is 15.9 Å². The molecule has 110 valence electrons. The molecule has 0 saturated heterocycles. The zero-order valence-corrected chi connectivity index (χ0v) is 11.4. The monoisotopic (exact) mass is 290 g/mol. The van der Waals surface area contributed by atoms with Crippen LogP contribution < -0.4 is 4.90 Å². The number of aliphatic hydroxyl groups excluding tert-OH is 1. The van der Waals surface area contributed by atoms with Crippen LogP contribution in [0.4, 0.5) is 15.8 Å². The molecule has 21 heavy (non-hydrogen) atoms. The number of rotatable bonds is 5. The Bertz CT molecular complexity index is 634. The number of benzene rings is 2. The predicted octanol–water partition coefficient (Wildman–Crippen LogP) is 2.90. The topological polar surface area (TPSA) is 66.6 Å². The van der Waals surface area contributed by atoms with Crippen LogP contribution in [0.15, 0.2) is 48.5 Å². The second-order valence-electron chi connectivity index (χ2n) is 4.70. The normalized spacial score (nSPS) is 12.0. The first-order valence-electron chi connectivity index (χ1n) is 6.37. The molecule has 1 unspecified atom stereocenters. The van der Waals surface area contributed by atoms with E-state index in [4.69, 9.17) is 0 Å². The first kappa shape index (κ1) is 14.9. The molecular formula is C15H15FN2O3. The summed E-state index contributed by atoms with van der Waals surface area (Å²) < 4.78 is 13.3. The van der Waals surface area contributed by atoms with Crippen molar-refractivity contribution >= 4 is 11.4 Å². The molecule has 2 rings (SSSR count). The van der Waals surface area contributed by atoms with E-state index >= 15 is 0 Å². The Morgan fingerprint density at radius 1 is 1.29 bits per heavy atom. The summed E-state index contributed by atoms with van der Waals surface area (Å²) in [6, 6.07) is 12.8. The van der Waals surface area contributed by atoms with E-state index in [1.807, 2.05) is 35.2 Å². The van der Waals surface area contributed by atoms with Crippen LogP contribution >= 0.6 is 0 Å². The van der Waals surface area contributed by atoms with Gasteiger partial charge in [0.25, 0.3) is 0 Å².